The molecule has 0 saturated heterocycles. The van der Waals surface area contributed by atoms with E-state index in [-0.39, 0.29) is 17.4 Å². The second kappa shape index (κ2) is 11.8. The van der Waals surface area contributed by atoms with E-state index in [2.05, 4.69) is 17.4 Å². The molecule has 0 radical (unpaired) electrons. The maximum Gasteiger partial charge on any atom is 0.243 e. The van der Waals surface area contributed by atoms with Crippen LogP contribution in [0.2, 0.25) is 0 Å². The van der Waals surface area contributed by atoms with Crippen LogP contribution in [-0.2, 0) is 16.0 Å². The Morgan fingerprint density at radius 3 is 2.17 bits per heavy atom. The Hall–Kier alpha value is -2.27. The van der Waals surface area contributed by atoms with E-state index in [1.54, 1.807) is 16.7 Å². The smallest absolute Gasteiger partial charge is 0.243 e. The van der Waals surface area contributed by atoms with Crippen LogP contribution < -0.4 is 5.32 Å². The quantitative estimate of drug-likeness (QED) is 0.548. The summed E-state index contributed by atoms with van der Waals surface area (Å²) in [6.45, 7) is 8.39. The molecule has 0 fully saturated rings. The molecule has 1 atom stereocenters. The number of hydrogen-bond donors (Lipinski definition) is 1. The molecule has 5 heteroatoms. The Balaban J connectivity index is 2.07. The molecule has 162 valence electrons. The lowest BCUT2D eigenvalue weighted by molar-refractivity contribution is -0.141. The first kappa shape index (κ1) is 24.0. The topological polar surface area (TPSA) is 49.4 Å². The summed E-state index contributed by atoms with van der Waals surface area (Å²) < 4.78 is 0. The molecule has 0 aliphatic rings. The zero-order chi connectivity index (χ0) is 22.0. The molecular formula is C25H34N2O2S. The van der Waals surface area contributed by atoms with Crippen LogP contribution in [0.25, 0.3) is 0 Å². The van der Waals surface area contributed by atoms with Crippen molar-refractivity contribution < 1.29 is 9.59 Å². The standard InChI is InChI=1S/C25H34N2O2S/c1-5-22(24(29)26-25(2,3)4)27(18-16-20-12-8-6-9-13-20)23(28)17-19-30-21-14-10-7-11-15-21/h6-15,22H,5,16-19H2,1-4H3,(H,26,29)/t22-/m1/s1. The summed E-state index contributed by atoms with van der Waals surface area (Å²) in [5.74, 6) is 0.648. The molecule has 0 spiro atoms. The molecule has 2 aromatic rings. The molecule has 30 heavy (non-hydrogen) atoms. The van der Waals surface area contributed by atoms with Gasteiger partial charge in [0, 0.05) is 29.2 Å². The van der Waals surface area contributed by atoms with E-state index in [0.717, 1.165) is 11.3 Å². The van der Waals surface area contributed by atoms with Gasteiger partial charge in [0.05, 0.1) is 0 Å². The number of nitrogens with one attached hydrogen (secondary N) is 1. The highest BCUT2D eigenvalue weighted by molar-refractivity contribution is 7.99. The Kier molecular flexibility index (Phi) is 9.44. The summed E-state index contributed by atoms with van der Waals surface area (Å²) in [6, 6.07) is 19.7. The summed E-state index contributed by atoms with van der Waals surface area (Å²) in [4.78, 5) is 29.0. The molecule has 0 aliphatic carbocycles. The van der Waals surface area contributed by atoms with Crippen LogP contribution in [0.4, 0.5) is 0 Å². The lowest BCUT2D eigenvalue weighted by Gasteiger charge is -2.33. The summed E-state index contributed by atoms with van der Waals surface area (Å²) in [6.07, 6.45) is 1.74. The van der Waals surface area contributed by atoms with Crippen molar-refractivity contribution in [1.82, 2.24) is 10.2 Å². The van der Waals surface area contributed by atoms with E-state index in [1.165, 1.54) is 5.56 Å². The van der Waals surface area contributed by atoms with Crippen LogP contribution in [0.1, 0.15) is 46.1 Å². The van der Waals surface area contributed by atoms with Crippen LogP contribution in [0.3, 0.4) is 0 Å². The average Bonchev–Trinajstić information content (AvgIpc) is 2.71. The van der Waals surface area contributed by atoms with Crippen molar-refractivity contribution in [3.05, 3.63) is 66.2 Å². The fourth-order valence-corrected chi connectivity index (χ4v) is 4.13. The van der Waals surface area contributed by atoms with Crippen LogP contribution >= 0.6 is 11.8 Å². The van der Waals surface area contributed by atoms with Gasteiger partial charge in [-0.15, -0.1) is 11.8 Å². The highest BCUT2D eigenvalue weighted by Crippen LogP contribution is 2.19. The molecule has 0 saturated carbocycles. The molecule has 0 aromatic heterocycles. The zero-order valence-corrected chi connectivity index (χ0v) is 19.4. The number of amides is 2. The number of nitrogens with zero attached hydrogens (tertiary/aromatic N) is 1. The van der Waals surface area contributed by atoms with Gasteiger partial charge in [0.15, 0.2) is 0 Å². The number of hydrogen-bond acceptors (Lipinski definition) is 3. The molecule has 2 amide bonds. The predicted octanol–water partition coefficient (Wildman–Crippen LogP) is 4.93. The van der Waals surface area contributed by atoms with Gasteiger partial charge >= 0.3 is 0 Å². The third kappa shape index (κ3) is 8.23. The Bertz CT molecular complexity index is 788. The maximum atomic E-state index is 13.2. The van der Waals surface area contributed by atoms with Crippen molar-refractivity contribution in [2.75, 3.05) is 12.3 Å². The van der Waals surface area contributed by atoms with E-state index < -0.39 is 6.04 Å². The van der Waals surface area contributed by atoms with E-state index >= 15 is 0 Å². The Labute approximate surface area is 185 Å². The van der Waals surface area contributed by atoms with Crippen molar-refractivity contribution in [2.24, 2.45) is 0 Å². The van der Waals surface area contributed by atoms with Crippen LogP contribution in [0.15, 0.2) is 65.6 Å². The Morgan fingerprint density at radius 2 is 1.60 bits per heavy atom. The number of carbonyl (C=O) groups is 2. The van der Waals surface area contributed by atoms with Crippen molar-refractivity contribution in [2.45, 2.75) is 63.4 Å². The minimum atomic E-state index is -0.456. The molecule has 0 aliphatic heterocycles. The van der Waals surface area contributed by atoms with Crippen LogP contribution in [-0.4, -0.2) is 40.6 Å². The minimum absolute atomic E-state index is 0.0327. The van der Waals surface area contributed by atoms with Gasteiger partial charge in [0.2, 0.25) is 11.8 Å². The lowest BCUT2D eigenvalue weighted by atomic mass is 10.1. The maximum absolute atomic E-state index is 13.2. The van der Waals surface area contributed by atoms with Crippen molar-refractivity contribution >= 4 is 23.6 Å². The summed E-state index contributed by atoms with van der Waals surface area (Å²) in [5.41, 5.74) is 0.835. The molecule has 0 bridgehead atoms. The van der Waals surface area contributed by atoms with Gasteiger partial charge in [0.1, 0.15) is 6.04 Å². The molecule has 0 heterocycles. The molecule has 2 rings (SSSR count). The van der Waals surface area contributed by atoms with Crippen molar-refractivity contribution in [3.63, 3.8) is 0 Å². The molecule has 2 aromatic carbocycles. The highest BCUT2D eigenvalue weighted by Gasteiger charge is 2.30. The number of rotatable bonds is 10. The van der Waals surface area contributed by atoms with Gasteiger partial charge in [-0.2, -0.15) is 0 Å². The first-order valence-corrected chi connectivity index (χ1v) is 11.6. The number of benzene rings is 2. The molecule has 4 nitrogen and oxygen atoms in total. The summed E-state index contributed by atoms with van der Waals surface area (Å²) in [7, 11) is 0. The minimum Gasteiger partial charge on any atom is -0.350 e. The van der Waals surface area contributed by atoms with Gasteiger partial charge < -0.3 is 10.2 Å². The van der Waals surface area contributed by atoms with Crippen LogP contribution in [0.5, 0.6) is 0 Å². The third-order valence-electron chi connectivity index (χ3n) is 4.70. The lowest BCUT2D eigenvalue weighted by Crippen LogP contribution is -2.54. The first-order chi connectivity index (χ1) is 14.3. The van der Waals surface area contributed by atoms with E-state index in [9.17, 15) is 9.59 Å². The van der Waals surface area contributed by atoms with Gasteiger partial charge in [-0.3, -0.25) is 9.59 Å². The normalized spacial score (nSPS) is 12.3. The molecular weight excluding hydrogens is 392 g/mol. The first-order valence-electron chi connectivity index (χ1n) is 10.6. The Morgan fingerprint density at radius 1 is 1.00 bits per heavy atom. The van der Waals surface area contributed by atoms with E-state index in [1.807, 2.05) is 76.2 Å². The SMILES string of the molecule is CC[C@H](C(=O)NC(C)(C)C)N(CCc1ccccc1)C(=O)CCSc1ccccc1. The fourth-order valence-electron chi connectivity index (χ4n) is 3.27. The monoisotopic (exact) mass is 426 g/mol. The van der Waals surface area contributed by atoms with E-state index in [0.29, 0.717) is 25.1 Å². The number of carbonyl (C=O) groups excluding carboxylic acids is 2. The summed E-state index contributed by atoms with van der Waals surface area (Å²) in [5, 5.41) is 3.05. The molecule has 1 N–H and O–H groups in total. The third-order valence-corrected chi connectivity index (χ3v) is 5.71. The average molecular weight is 427 g/mol. The van der Waals surface area contributed by atoms with Gasteiger partial charge in [0.25, 0.3) is 0 Å². The second-order valence-electron chi connectivity index (χ2n) is 8.40. The van der Waals surface area contributed by atoms with Crippen molar-refractivity contribution in [1.29, 1.82) is 0 Å². The van der Waals surface area contributed by atoms with Crippen molar-refractivity contribution in [3.8, 4) is 0 Å². The van der Waals surface area contributed by atoms with Gasteiger partial charge in [-0.1, -0.05) is 55.5 Å². The van der Waals surface area contributed by atoms with E-state index in [4.69, 9.17) is 0 Å². The van der Waals surface area contributed by atoms with Gasteiger partial charge in [-0.25, -0.2) is 0 Å². The zero-order valence-electron chi connectivity index (χ0n) is 18.6. The van der Waals surface area contributed by atoms with Gasteiger partial charge in [-0.05, 0) is 51.3 Å². The predicted molar refractivity (Wildman–Crippen MR) is 126 cm³/mol. The fraction of sp³-hybridized carbons (Fsp3) is 0.440. The highest BCUT2D eigenvalue weighted by atomic mass is 32.2. The largest absolute Gasteiger partial charge is 0.350 e. The second-order valence-corrected chi connectivity index (χ2v) is 9.57. The molecule has 0 unspecified atom stereocenters. The van der Waals surface area contributed by atoms with Crippen LogP contribution in [0, 0.1) is 0 Å². The number of thioether (sulfide) groups is 1. The summed E-state index contributed by atoms with van der Waals surface area (Å²) >= 11 is 1.67.